The smallest absolute Gasteiger partial charge is 0.239 e. The van der Waals surface area contributed by atoms with Gasteiger partial charge in [-0.15, -0.1) is 0 Å². The van der Waals surface area contributed by atoms with E-state index < -0.39 is 40.7 Å². The van der Waals surface area contributed by atoms with Crippen LogP contribution in [0.3, 0.4) is 0 Å². The van der Waals surface area contributed by atoms with Gasteiger partial charge in [-0.05, 0) is 19.3 Å². The van der Waals surface area contributed by atoms with E-state index in [1.165, 1.54) is 4.31 Å². The number of hydrogen-bond acceptors (Lipinski definition) is 5. The molecule has 0 aliphatic carbocycles. The summed E-state index contributed by atoms with van der Waals surface area (Å²) < 4.78 is 24.6. The molecule has 1 aliphatic rings. The van der Waals surface area contributed by atoms with Crippen molar-refractivity contribution in [3.63, 3.8) is 0 Å². The van der Waals surface area contributed by atoms with E-state index in [1.807, 2.05) is 0 Å². The van der Waals surface area contributed by atoms with Crippen LogP contribution >= 0.6 is 0 Å². The van der Waals surface area contributed by atoms with Gasteiger partial charge in [0.25, 0.3) is 0 Å². The lowest BCUT2D eigenvalue weighted by molar-refractivity contribution is -0.129. The van der Waals surface area contributed by atoms with E-state index in [4.69, 9.17) is 0 Å². The molecule has 0 aromatic rings. The number of aliphatic hydroxyl groups excluding tert-OH is 2. The van der Waals surface area contributed by atoms with E-state index >= 15 is 0 Å². The largest absolute Gasteiger partial charge is 0.394 e. The maximum absolute atomic E-state index is 12.3. The van der Waals surface area contributed by atoms with Crippen molar-refractivity contribution >= 4 is 15.9 Å². The lowest BCUT2D eigenvalue weighted by atomic mass is 9.96. The first-order valence-corrected chi connectivity index (χ1v) is 8.65. The molecule has 0 saturated carbocycles. The van der Waals surface area contributed by atoms with Crippen LogP contribution in [0.25, 0.3) is 0 Å². The minimum absolute atomic E-state index is 0.328. The van der Waals surface area contributed by atoms with Gasteiger partial charge >= 0.3 is 0 Å². The first-order chi connectivity index (χ1) is 9.29. The Kier molecular flexibility index (Phi) is 5.93. The van der Waals surface area contributed by atoms with Gasteiger partial charge in [0.2, 0.25) is 15.9 Å². The summed E-state index contributed by atoms with van der Waals surface area (Å²) in [4.78, 5) is 12.3. The molecule has 0 spiro atoms. The summed E-state index contributed by atoms with van der Waals surface area (Å²) in [6.07, 6.45) is 3.41. The fourth-order valence-corrected chi connectivity index (χ4v) is 3.47. The zero-order valence-electron chi connectivity index (χ0n) is 12.0. The second-order valence-electron chi connectivity index (χ2n) is 5.32. The summed E-state index contributed by atoms with van der Waals surface area (Å²) in [6.45, 7) is 1.28. The van der Waals surface area contributed by atoms with Crippen molar-refractivity contribution in [3.05, 3.63) is 0 Å². The molecule has 0 radical (unpaired) electrons. The van der Waals surface area contributed by atoms with Crippen molar-refractivity contribution in [1.29, 1.82) is 0 Å². The second kappa shape index (κ2) is 6.84. The average molecular weight is 308 g/mol. The van der Waals surface area contributed by atoms with E-state index in [2.05, 4.69) is 5.32 Å². The number of amides is 1. The topological polar surface area (TPSA) is 107 Å². The van der Waals surface area contributed by atoms with E-state index in [0.717, 1.165) is 19.1 Å². The number of carbonyl (C=O) groups excluding carboxylic acids is 1. The molecule has 8 heteroatoms. The summed E-state index contributed by atoms with van der Waals surface area (Å²) in [5.41, 5.74) is -1.10. The van der Waals surface area contributed by atoms with Gasteiger partial charge in [0.15, 0.2) is 0 Å². The van der Waals surface area contributed by atoms with E-state index in [0.29, 0.717) is 19.4 Å². The van der Waals surface area contributed by atoms with E-state index in [9.17, 15) is 23.4 Å². The molecule has 1 fully saturated rings. The number of sulfonamides is 1. The van der Waals surface area contributed by atoms with Crippen molar-refractivity contribution in [3.8, 4) is 0 Å². The molecule has 1 saturated heterocycles. The fraction of sp³-hybridized carbons (Fsp3) is 0.917. The van der Waals surface area contributed by atoms with Gasteiger partial charge in [0.1, 0.15) is 6.04 Å². The zero-order chi connectivity index (χ0) is 15.4. The predicted molar refractivity (Wildman–Crippen MR) is 74.5 cm³/mol. The Morgan fingerprint density at radius 1 is 1.35 bits per heavy atom. The number of nitrogens with zero attached hydrogens (tertiary/aromatic N) is 1. The maximum atomic E-state index is 12.3. The first-order valence-electron chi connectivity index (χ1n) is 6.80. The van der Waals surface area contributed by atoms with Crippen molar-refractivity contribution in [2.75, 3.05) is 26.0 Å². The zero-order valence-corrected chi connectivity index (χ0v) is 12.8. The molecule has 0 aromatic heterocycles. The molecule has 0 aromatic carbocycles. The van der Waals surface area contributed by atoms with Gasteiger partial charge in [0.05, 0.1) is 25.0 Å². The van der Waals surface area contributed by atoms with Crippen molar-refractivity contribution in [2.45, 2.75) is 44.2 Å². The van der Waals surface area contributed by atoms with Crippen LogP contribution in [-0.4, -0.2) is 66.4 Å². The van der Waals surface area contributed by atoms with Crippen LogP contribution < -0.4 is 5.32 Å². The van der Waals surface area contributed by atoms with Crippen molar-refractivity contribution in [2.24, 2.45) is 0 Å². The highest BCUT2D eigenvalue weighted by Gasteiger charge is 2.38. The molecule has 3 N–H and O–H groups in total. The van der Waals surface area contributed by atoms with Crippen LogP contribution in [0.2, 0.25) is 0 Å². The summed E-state index contributed by atoms with van der Waals surface area (Å²) in [5.74, 6) is -0.458. The van der Waals surface area contributed by atoms with Gasteiger partial charge in [-0.1, -0.05) is 13.3 Å². The van der Waals surface area contributed by atoms with Crippen LogP contribution in [0.5, 0.6) is 0 Å². The van der Waals surface area contributed by atoms with Gasteiger partial charge in [0, 0.05) is 6.54 Å². The number of rotatable bonds is 6. The fourth-order valence-electron chi connectivity index (χ4n) is 2.35. The number of hydrogen-bond donors (Lipinski definition) is 3. The maximum Gasteiger partial charge on any atom is 0.239 e. The molecule has 1 rings (SSSR count). The molecule has 1 unspecified atom stereocenters. The Morgan fingerprint density at radius 3 is 2.40 bits per heavy atom. The molecule has 20 heavy (non-hydrogen) atoms. The second-order valence-corrected chi connectivity index (χ2v) is 7.26. The standard InChI is InChI=1S/C12H24N2O5S/c1-3-12(8-15,9-16)13-11(17)10-6-4-5-7-14(10)20(2,18)19/h10,15-16H,3-9H2,1-2H3,(H,13,17). The third kappa shape index (κ3) is 3.91. The summed E-state index contributed by atoms with van der Waals surface area (Å²) in [5, 5.41) is 21.3. The van der Waals surface area contributed by atoms with Crippen LogP contribution in [0.4, 0.5) is 0 Å². The molecule has 1 heterocycles. The minimum atomic E-state index is -3.45. The molecule has 0 bridgehead atoms. The number of aliphatic hydroxyl groups is 2. The minimum Gasteiger partial charge on any atom is -0.394 e. The van der Waals surface area contributed by atoms with Gasteiger partial charge < -0.3 is 15.5 Å². The lowest BCUT2D eigenvalue weighted by Gasteiger charge is -2.36. The Labute approximate surface area is 120 Å². The summed E-state index contributed by atoms with van der Waals surface area (Å²) >= 11 is 0. The number of piperidine rings is 1. The number of nitrogens with one attached hydrogen (secondary N) is 1. The van der Waals surface area contributed by atoms with Crippen LogP contribution in [-0.2, 0) is 14.8 Å². The van der Waals surface area contributed by atoms with Gasteiger partial charge in [-0.3, -0.25) is 4.79 Å². The third-order valence-electron chi connectivity index (χ3n) is 3.85. The number of carbonyl (C=O) groups is 1. The van der Waals surface area contributed by atoms with Crippen molar-refractivity contribution < 1.29 is 23.4 Å². The predicted octanol–water partition coefficient (Wildman–Crippen LogP) is -0.950. The van der Waals surface area contributed by atoms with Crippen molar-refractivity contribution in [1.82, 2.24) is 9.62 Å². The molecule has 7 nitrogen and oxygen atoms in total. The van der Waals surface area contributed by atoms with Crippen LogP contribution in [0.15, 0.2) is 0 Å². The van der Waals surface area contributed by atoms with Gasteiger partial charge in [-0.2, -0.15) is 4.31 Å². The average Bonchev–Trinajstić information content (AvgIpc) is 2.44. The van der Waals surface area contributed by atoms with E-state index in [-0.39, 0.29) is 0 Å². The molecule has 1 aliphatic heterocycles. The van der Waals surface area contributed by atoms with Gasteiger partial charge in [-0.25, -0.2) is 8.42 Å². The highest BCUT2D eigenvalue weighted by molar-refractivity contribution is 7.88. The molecular formula is C12H24N2O5S. The molecular weight excluding hydrogens is 284 g/mol. The monoisotopic (exact) mass is 308 g/mol. The highest BCUT2D eigenvalue weighted by atomic mass is 32.2. The Hall–Kier alpha value is -0.700. The quantitative estimate of drug-likeness (QED) is 0.586. The van der Waals surface area contributed by atoms with Crippen LogP contribution in [0.1, 0.15) is 32.6 Å². The first kappa shape index (κ1) is 17.4. The molecule has 118 valence electrons. The highest BCUT2D eigenvalue weighted by Crippen LogP contribution is 2.21. The SMILES string of the molecule is CCC(CO)(CO)NC(=O)C1CCCCN1S(C)(=O)=O. The Morgan fingerprint density at radius 2 is 1.95 bits per heavy atom. The molecule has 1 atom stereocenters. The summed E-state index contributed by atoms with van der Waals surface area (Å²) in [7, 11) is -3.45. The normalized spacial score (nSPS) is 21.7. The van der Waals surface area contributed by atoms with E-state index in [1.54, 1.807) is 6.92 Å². The summed E-state index contributed by atoms with van der Waals surface area (Å²) in [6, 6.07) is -0.761. The lowest BCUT2D eigenvalue weighted by Crippen LogP contribution is -2.60. The third-order valence-corrected chi connectivity index (χ3v) is 5.14. The molecule has 1 amide bonds. The van der Waals surface area contributed by atoms with Crippen LogP contribution in [0, 0.1) is 0 Å². The Bertz CT molecular complexity index is 425. The Balaban J connectivity index is 2.88.